The Labute approximate surface area is 86.8 Å². The average Bonchev–Trinajstić information content (AvgIpc) is 2.02. The van der Waals surface area contributed by atoms with Crippen LogP contribution in [0.2, 0.25) is 0 Å². The maximum absolute atomic E-state index is 4.33. The minimum Gasteiger partial charge on any atom is -0.175 e. The molecule has 0 heterocycles. The predicted octanol–water partition coefficient (Wildman–Crippen LogP) is 3.71. The minimum atomic E-state index is 0.360. The van der Waals surface area contributed by atoms with Crippen molar-refractivity contribution >= 4 is 12.6 Å². The molecule has 0 aliphatic heterocycles. The van der Waals surface area contributed by atoms with Crippen molar-refractivity contribution in [1.82, 2.24) is 0 Å². The molecule has 0 bridgehead atoms. The highest BCUT2D eigenvalue weighted by molar-refractivity contribution is 7.79. The quantitative estimate of drug-likeness (QED) is 0.682. The van der Waals surface area contributed by atoms with E-state index in [2.05, 4.69) is 57.7 Å². The van der Waals surface area contributed by atoms with Gasteiger partial charge in [-0.1, -0.05) is 45.0 Å². The third-order valence-corrected chi connectivity index (χ3v) is 2.35. The lowest BCUT2D eigenvalue weighted by molar-refractivity contribution is 0.410. The van der Waals surface area contributed by atoms with Crippen LogP contribution in [-0.2, 0) is 12.2 Å². The first-order valence-electron chi connectivity index (χ1n) is 4.70. The monoisotopic (exact) mass is 194 g/mol. The molecule has 0 atom stereocenters. The minimum absolute atomic E-state index is 0.360. The Morgan fingerprint density at radius 1 is 1.08 bits per heavy atom. The van der Waals surface area contributed by atoms with Crippen molar-refractivity contribution in [3.8, 4) is 0 Å². The molecule has 0 saturated carbocycles. The van der Waals surface area contributed by atoms with Gasteiger partial charge in [-0.05, 0) is 23.0 Å². The number of hydrogen-bond acceptors (Lipinski definition) is 1. The van der Waals surface area contributed by atoms with Gasteiger partial charge in [0.05, 0.1) is 0 Å². The smallest absolute Gasteiger partial charge is 0.0157 e. The van der Waals surface area contributed by atoms with Crippen molar-refractivity contribution in [2.45, 2.75) is 32.9 Å². The van der Waals surface area contributed by atoms with Gasteiger partial charge in [0.15, 0.2) is 0 Å². The lowest BCUT2D eigenvalue weighted by Gasteiger charge is -2.19. The summed E-state index contributed by atoms with van der Waals surface area (Å²) in [5, 5.41) is 0. The Balaban J connectivity index is 2.87. The van der Waals surface area contributed by atoms with Crippen LogP contribution < -0.4 is 0 Å². The molecule has 0 aliphatic rings. The highest BCUT2D eigenvalue weighted by atomic mass is 32.1. The molecule has 13 heavy (non-hydrogen) atoms. The first-order chi connectivity index (χ1) is 6.03. The Bertz CT molecular complexity index is 271. The first-order valence-corrected chi connectivity index (χ1v) is 5.34. The van der Waals surface area contributed by atoms with Gasteiger partial charge in [-0.3, -0.25) is 0 Å². The van der Waals surface area contributed by atoms with Crippen molar-refractivity contribution in [2.75, 3.05) is 0 Å². The number of rotatable bonds is 2. The van der Waals surface area contributed by atoms with Crippen LogP contribution in [0.3, 0.4) is 0 Å². The zero-order valence-corrected chi connectivity index (χ0v) is 9.57. The zero-order chi connectivity index (χ0) is 9.90. The molecular weight excluding hydrogens is 176 g/mol. The summed E-state index contributed by atoms with van der Waals surface area (Å²) in [5.41, 5.74) is 3.16. The molecule has 1 heteroatoms. The van der Waals surface area contributed by atoms with Crippen LogP contribution in [0.5, 0.6) is 0 Å². The van der Waals surface area contributed by atoms with Gasteiger partial charge in [0, 0.05) is 5.75 Å². The van der Waals surface area contributed by atoms with Crippen LogP contribution in [0.25, 0.3) is 0 Å². The Kier molecular flexibility index (Phi) is 3.43. The molecule has 0 radical (unpaired) electrons. The van der Waals surface area contributed by atoms with Crippen molar-refractivity contribution in [3.05, 3.63) is 35.4 Å². The fraction of sp³-hybridized carbons (Fsp3) is 0.500. The van der Waals surface area contributed by atoms with Gasteiger partial charge in [0.1, 0.15) is 0 Å². The van der Waals surface area contributed by atoms with E-state index in [9.17, 15) is 0 Å². The number of benzene rings is 1. The molecule has 0 saturated heterocycles. The fourth-order valence-electron chi connectivity index (χ4n) is 1.46. The van der Waals surface area contributed by atoms with E-state index in [1.807, 2.05) is 0 Å². The summed E-state index contributed by atoms with van der Waals surface area (Å²) in [6.07, 6.45) is 1.13. The van der Waals surface area contributed by atoms with Crippen LogP contribution >= 0.6 is 12.6 Å². The first kappa shape index (κ1) is 10.6. The van der Waals surface area contributed by atoms with Gasteiger partial charge in [0.2, 0.25) is 0 Å². The predicted molar refractivity (Wildman–Crippen MR) is 62.3 cm³/mol. The van der Waals surface area contributed by atoms with E-state index in [-0.39, 0.29) is 0 Å². The van der Waals surface area contributed by atoms with Crippen molar-refractivity contribution < 1.29 is 0 Å². The summed E-state index contributed by atoms with van der Waals surface area (Å²) < 4.78 is 0. The highest BCUT2D eigenvalue weighted by Gasteiger charge is 2.12. The molecule has 0 nitrogen and oxygen atoms in total. The topological polar surface area (TPSA) is 0 Å². The summed E-state index contributed by atoms with van der Waals surface area (Å²) in [4.78, 5) is 0. The molecule has 0 unspecified atom stereocenters. The van der Waals surface area contributed by atoms with Gasteiger partial charge in [-0.25, -0.2) is 0 Å². The summed E-state index contributed by atoms with van der Waals surface area (Å²) in [7, 11) is 0. The molecular formula is C12H18S. The Morgan fingerprint density at radius 3 is 2.08 bits per heavy atom. The van der Waals surface area contributed by atoms with E-state index in [4.69, 9.17) is 0 Å². The molecule has 0 fully saturated rings. The van der Waals surface area contributed by atoms with E-state index < -0.39 is 0 Å². The molecule has 1 aromatic carbocycles. The molecule has 0 aromatic heterocycles. The standard InChI is InChI=1S/C12H18S/c1-12(2,3)8-10-6-4-5-7-11(10)9-13/h4-7,13H,8-9H2,1-3H3. The van der Waals surface area contributed by atoms with E-state index in [0.29, 0.717) is 5.41 Å². The van der Waals surface area contributed by atoms with E-state index >= 15 is 0 Å². The van der Waals surface area contributed by atoms with Crippen molar-refractivity contribution in [2.24, 2.45) is 5.41 Å². The Hall–Kier alpha value is -0.430. The largest absolute Gasteiger partial charge is 0.175 e. The van der Waals surface area contributed by atoms with Gasteiger partial charge in [0.25, 0.3) is 0 Å². The highest BCUT2D eigenvalue weighted by Crippen LogP contribution is 2.23. The second kappa shape index (κ2) is 4.19. The molecule has 0 N–H and O–H groups in total. The third kappa shape index (κ3) is 3.43. The number of hydrogen-bond donors (Lipinski definition) is 1. The fourth-order valence-corrected chi connectivity index (χ4v) is 1.76. The van der Waals surface area contributed by atoms with Crippen molar-refractivity contribution in [1.29, 1.82) is 0 Å². The van der Waals surface area contributed by atoms with Gasteiger partial charge < -0.3 is 0 Å². The van der Waals surface area contributed by atoms with Crippen LogP contribution in [0, 0.1) is 5.41 Å². The van der Waals surface area contributed by atoms with Crippen LogP contribution in [0.4, 0.5) is 0 Å². The molecule has 72 valence electrons. The normalized spacial score (nSPS) is 11.7. The van der Waals surface area contributed by atoms with Gasteiger partial charge >= 0.3 is 0 Å². The molecule has 0 amide bonds. The molecule has 0 spiro atoms. The molecule has 1 aromatic rings. The zero-order valence-electron chi connectivity index (χ0n) is 8.67. The second-order valence-electron chi connectivity index (χ2n) is 4.66. The van der Waals surface area contributed by atoms with E-state index in [0.717, 1.165) is 12.2 Å². The molecule has 0 aliphatic carbocycles. The maximum atomic E-state index is 4.33. The summed E-state index contributed by atoms with van der Waals surface area (Å²) in [6, 6.07) is 8.55. The summed E-state index contributed by atoms with van der Waals surface area (Å²) >= 11 is 4.33. The molecule has 1 rings (SSSR count). The second-order valence-corrected chi connectivity index (χ2v) is 4.98. The van der Waals surface area contributed by atoms with Crippen LogP contribution in [0.1, 0.15) is 31.9 Å². The van der Waals surface area contributed by atoms with Gasteiger partial charge in [-0.2, -0.15) is 12.6 Å². The average molecular weight is 194 g/mol. The Morgan fingerprint density at radius 2 is 1.62 bits per heavy atom. The maximum Gasteiger partial charge on any atom is 0.0157 e. The number of thiol groups is 1. The van der Waals surface area contributed by atoms with E-state index in [1.54, 1.807) is 0 Å². The van der Waals surface area contributed by atoms with Crippen LogP contribution in [-0.4, -0.2) is 0 Å². The lowest BCUT2D eigenvalue weighted by atomic mass is 9.86. The summed E-state index contributed by atoms with van der Waals surface area (Å²) in [6.45, 7) is 6.80. The lowest BCUT2D eigenvalue weighted by Crippen LogP contribution is -2.10. The SMILES string of the molecule is CC(C)(C)Cc1ccccc1CS. The summed E-state index contributed by atoms with van der Waals surface area (Å²) in [5.74, 6) is 0.840. The third-order valence-electron chi connectivity index (χ3n) is 2.01. The van der Waals surface area contributed by atoms with Crippen molar-refractivity contribution in [3.63, 3.8) is 0 Å². The van der Waals surface area contributed by atoms with Crippen LogP contribution in [0.15, 0.2) is 24.3 Å². The van der Waals surface area contributed by atoms with E-state index in [1.165, 1.54) is 11.1 Å². The van der Waals surface area contributed by atoms with Gasteiger partial charge in [-0.15, -0.1) is 0 Å².